The minimum atomic E-state index is 0.177. The fourth-order valence-corrected chi connectivity index (χ4v) is 1.25. The summed E-state index contributed by atoms with van der Waals surface area (Å²) in [6.07, 6.45) is 5.94. The van der Waals surface area contributed by atoms with E-state index in [9.17, 15) is 4.79 Å². The number of rotatable bonds is 2. The molecule has 1 aliphatic carbocycles. The molecule has 1 saturated carbocycles. The zero-order chi connectivity index (χ0) is 6.53. The third kappa shape index (κ3) is 2.04. The van der Waals surface area contributed by atoms with E-state index < -0.39 is 0 Å². The molecule has 51 valence electrons. The SMILES string of the molecule is O=[C]OC1CCCCC1. The lowest BCUT2D eigenvalue weighted by molar-refractivity contribution is 0.135. The molecule has 1 rings (SSSR count). The molecule has 0 atom stereocenters. The number of ether oxygens (including phenoxy) is 1. The first kappa shape index (κ1) is 6.59. The summed E-state index contributed by atoms with van der Waals surface area (Å²) in [5.41, 5.74) is 0. The largest absolute Gasteiger partial charge is 0.454 e. The zero-order valence-corrected chi connectivity index (χ0v) is 5.43. The molecule has 0 bridgehead atoms. The molecule has 1 fully saturated rings. The molecular formula is C7H11O2. The van der Waals surface area contributed by atoms with Crippen molar-refractivity contribution in [3.05, 3.63) is 0 Å². The average molecular weight is 127 g/mol. The van der Waals surface area contributed by atoms with Crippen molar-refractivity contribution < 1.29 is 9.53 Å². The van der Waals surface area contributed by atoms with E-state index in [2.05, 4.69) is 4.74 Å². The Morgan fingerprint density at radius 1 is 1.22 bits per heavy atom. The van der Waals surface area contributed by atoms with Crippen LogP contribution in [0.4, 0.5) is 0 Å². The molecule has 0 unspecified atom stereocenters. The summed E-state index contributed by atoms with van der Waals surface area (Å²) in [6, 6.07) is 0. The maximum absolute atomic E-state index is 9.73. The maximum Gasteiger partial charge on any atom is 0.417 e. The van der Waals surface area contributed by atoms with Gasteiger partial charge in [-0.2, -0.15) is 0 Å². The highest BCUT2D eigenvalue weighted by Gasteiger charge is 2.13. The van der Waals surface area contributed by atoms with E-state index in [4.69, 9.17) is 0 Å². The van der Waals surface area contributed by atoms with Crippen LogP contribution in [0.3, 0.4) is 0 Å². The van der Waals surface area contributed by atoms with E-state index in [1.165, 1.54) is 25.7 Å². The minimum Gasteiger partial charge on any atom is -0.454 e. The van der Waals surface area contributed by atoms with Gasteiger partial charge in [-0.3, -0.25) is 0 Å². The summed E-state index contributed by atoms with van der Waals surface area (Å²) >= 11 is 0. The van der Waals surface area contributed by atoms with Gasteiger partial charge in [0.2, 0.25) is 0 Å². The Balaban J connectivity index is 2.15. The van der Waals surface area contributed by atoms with Gasteiger partial charge in [0.15, 0.2) is 0 Å². The molecule has 0 aromatic carbocycles. The van der Waals surface area contributed by atoms with E-state index in [0.717, 1.165) is 12.8 Å². The van der Waals surface area contributed by atoms with Crippen molar-refractivity contribution >= 4 is 6.47 Å². The van der Waals surface area contributed by atoms with E-state index >= 15 is 0 Å². The van der Waals surface area contributed by atoms with Crippen LogP contribution in [0.1, 0.15) is 32.1 Å². The fraction of sp³-hybridized carbons (Fsp3) is 0.857. The predicted octanol–water partition coefficient (Wildman–Crippen LogP) is 1.40. The molecule has 9 heavy (non-hydrogen) atoms. The normalized spacial score (nSPS) is 21.3. The second kappa shape index (κ2) is 3.49. The van der Waals surface area contributed by atoms with Crippen molar-refractivity contribution in [1.82, 2.24) is 0 Å². The van der Waals surface area contributed by atoms with Crippen molar-refractivity contribution in [3.63, 3.8) is 0 Å². The van der Waals surface area contributed by atoms with Gasteiger partial charge in [0, 0.05) is 0 Å². The first-order valence-electron chi connectivity index (χ1n) is 3.46. The fourth-order valence-electron chi connectivity index (χ4n) is 1.25. The molecule has 1 radical (unpaired) electrons. The Morgan fingerprint density at radius 3 is 2.44 bits per heavy atom. The van der Waals surface area contributed by atoms with Crippen LogP contribution >= 0.6 is 0 Å². The van der Waals surface area contributed by atoms with Crippen molar-refractivity contribution in [2.45, 2.75) is 38.2 Å². The van der Waals surface area contributed by atoms with Crippen LogP contribution in [-0.4, -0.2) is 12.6 Å². The average Bonchev–Trinajstić information content (AvgIpc) is 1.91. The molecular weight excluding hydrogens is 116 g/mol. The molecule has 0 N–H and O–H groups in total. The number of carbonyl (C=O) groups excluding carboxylic acids is 1. The number of hydrogen-bond donors (Lipinski definition) is 0. The summed E-state index contributed by atoms with van der Waals surface area (Å²) in [7, 11) is 0. The summed E-state index contributed by atoms with van der Waals surface area (Å²) in [5.74, 6) is 0. The van der Waals surface area contributed by atoms with Crippen LogP contribution < -0.4 is 0 Å². The first-order valence-corrected chi connectivity index (χ1v) is 3.46. The van der Waals surface area contributed by atoms with Gasteiger partial charge < -0.3 is 4.74 Å². The molecule has 2 heteroatoms. The van der Waals surface area contributed by atoms with Gasteiger partial charge in [-0.1, -0.05) is 6.42 Å². The highest BCUT2D eigenvalue weighted by atomic mass is 16.5. The van der Waals surface area contributed by atoms with Gasteiger partial charge >= 0.3 is 6.47 Å². The van der Waals surface area contributed by atoms with E-state index in [0.29, 0.717) is 0 Å². The lowest BCUT2D eigenvalue weighted by Crippen LogP contribution is -2.15. The predicted molar refractivity (Wildman–Crippen MR) is 33.7 cm³/mol. The second-order valence-corrected chi connectivity index (χ2v) is 2.46. The Kier molecular flexibility index (Phi) is 2.55. The monoisotopic (exact) mass is 127 g/mol. The molecule has 0 heterocycles. The summed E-state index contributed by atoms with van der Waals surface area (Å²) < 4.78 is 4.68. The van der Waals surface area contributed by atoms with Crippen LogP contribution in [0.2, 0.25) is 0 Å². The third-order valence-corrected chi connectivity index (χ3v) is 1.77. The topological polar surface area (TPSA) is 26.3 Å². The highest BCUT2D eigenvalue weighted by molar-refractivity contribution is 5.38. The molecule has 0 amide bonds. The van der Waals surface area contributed by atoms with Crippen LogP contribution in [-0.2, 0) is 9.53 Å². The molecule has 1 aliphatic rings. The molecule has 0 saturated heterocycles. The third-order valence-electron chi connectivity index (χ3n) is 1.77. The molecule has 0 spiro atoms. The first-order chi connectivity index (χ1) is 4.43. The van der Waals surface area contributed by atoms with E-state index in [1.54, 1.807) is 0 Å². The van der Waals surface area contributed by atoms with Gasteiger partial charge in [-0.15, -0.1) is 0 Å². The summed E-state index contributed by atoms with van der Waals surface area (Å²) in [5, 5.41) is 0. The van der Waals surface area contributed by atoms with E-state index in [-0.39, 0.29) is 6.10 Å². The lowest BCUT2D eigenvalue weighted by Gasteiger charge is -2.18. The lowest BCUT2D eigenvalue weighted by atomic mass is 9.98. The molecule has 0 aliphatic heterocycles. The van der Waals surface area contributed by atoms with Crippen molar-refractivity contribution in [2.75, 3.05) is 0 Å². The second-order valence-electron chi connectivity index (χ2n) is 2.46. The van der Waals surface area contributed by atoms with Crippen LogP contribution in [0, 0.1) is 0 Å². The highest BCUT2D eigenvalue weighted by Crippen LogP contribution is 2.19. The summed E-state index contributed by atoms with van der Waals surface area (Å²) in [6.45, 7) is 1.49. The Bertz CT molecular complexity index is 84.9. The van der Waals surface area contributed by atoms with Crippen molar-refractivity contribution in [2.24, 2.45) is 0 Å². The standard InChI is InChI=1S/C7H11O2/c8-6-9-7-4-2-1-3-5-7/h7H,1-5H2. The Hall–Kier alpha value is -0.530. The van der Waals surface area contributed by atoms with Crippen LogP contribution in [0.15, 0.2) is 0 Å². The summed E-state index contributed by atoms with van der Waals surface area (Å²) in [4.78, 5) is 9.73. The molecule has 0 aromatic heterocycles. The van der Waals surface area contributed by atoms with E-state index in [1.807, 2.05) is 0 Å². The Morgan fingerprint density at radius 2 is 1.89 bits per heavy atom. The molecule has 2 nitrogen and oxygen atoms in total. The van der Waals surface area contributed by atoms with Gasteiger partial charge in [-0.25, -0.2) is 4.79 Å². The van der Waals surface area contributed by atoms with Crippen LogP contribution in [0.25, 0.3) is 0 Å². The quantitative estimate of drug-likeness (QED) is 0.560. The van der Waals surface area contributed by atoms with Crippen LogP contribution in [0.5, 0.6) is 0 Å². The van der Waals surface area contributed by atoms with Gasteiger partial charge in [-0.05, 0) is 25.7 Å². The van der Waals surface area contributed by atoms with Gasteiger partial charge in [0.1, 0.15) is 6.10 Å². The smallest absolute Gasteiger partial charge is 0.417 e. The van der Waals surface area contributed by atoms with Gasteiger partial charge in [0.05, 0.1) is 0 Å². The zero-order valence-electron chi connectivity index (χ0n) is 5.43. The number of hydrogen-bond acceptors (Lipinski definition) is 2. The molecule has 0 aromatic rings. The van der Waals surface area contributed by atoms with Gasteiger partial charge in [0.25, 0.3) is 0 Å². The minimum absolute atomic E-state index is 0.177. The maximum atomic E-state index is 9.73. The van der Waals surface area contributed by atoms with Crippen molar-refractivity contribution in [3.8, 4) is 0 Å². The Labute approximate surface area is 55.2 Å². The van der Waals surface area contributed by atoms with Crippen molar-refractivity contribution in [1.29, 1.82) is 0 Å².